The summed E-state index contributed by atoms with van der Waals surface area (Å²) in [7, 11) is 4.03. The van der Waals surface area contributed by atoms with Gasteiger partial charge in [0.2, 0.25) is 0 Å². The van der Waals surface area contributed by atoms with Crippen LogP contribution in [0.4, 0.5) is 0 Å². The van der Waals surface area contributed by atoms with Crippen LogP contribution in [0.15, 0.2) is 17.4 Å². The standard InChI is InChI=1S/C17H28N6S/c1-7-18-17(20-9-15-19-8-13(4)24-15)22(5)10-14-11-23(6)21-16(14)12(2)3/h8,11-12H,7,9-10H2,1-6H3,(H,18,20). The van der Waals surface area contributed by atoms with E-state index in [0.29, 0.717) is 12.5 Å². The van der Waals surface area contributed by atoms with Crippen LogP contribution in [0.2, 0.25) is 0 Å². The molecule has 0 fully saturated rings. The monoisotopic (exact) mass is 348 g/mol. The van der Waals surface area contributed by atoms with Crippen molar-refractivity contribution in [1.29, 1.82) is 0 Å². The van der Waals surface area contributed by atoms with Gasteiger partial charge in [-0.15, -0.1) is 11.3 Å². The second kappa shape index (κ2) is 8.28. The zero-order chi connectivity index (χ0) is 17.7. The van der Waals surface area contributed by atoms with Crippen LogP contribution in [0.3, 0.4) is 0 Å². The predicted octanol–water partition coefficient (Wildman–Crippen LogP) is 2.91. The van der Waals surface area contributed by atoms with Gasteiger partial charge in [-0.3, -0.25) is 4.68 Å². The van der Waals surface area contributed by atoms with Crippen LogP contribution < -0.4 is 5.32 Å². The number of aliphatic imine (C=N–C) groups is 1. The van der Waals surface area contributed by atoms with Gasteiger partial charge in [0.1, 0.15) is 5.01 Å². The van der Waals surface area contributed by atoms with E-state index in [0.717, 1.165) is 29.8 Å². The molecule has 0 aliphatic carbocycles. The van der Waals surface area contributed by atoms with Gasteiger partial charge in [0, 0.05) is 50.0 Å². The Morgan fingerprint density at radius 3 is 2.79 bits per heavy atom. The number of nitrogens with zero attached hydrogens (tertiary/aromatic N) is 5. The van der Waals surface area contributed by atoms with Gasteiger partial charge in [0.15, 0.2) is 5.96 Å². The number of hydrogen-bond donors (Lipinski definition) is 1. The Bertz CT molecular complexity index is 685. The molecule has 0 amide bonds. The van der Waals surface area contributed by atoms with Crippen molar-refractivity contribution < 1.29 is 0 Å². The molecule has 2 rings (SSSR count). The summed E-state index contributed by atoms with van der Waals surface area (Å²) in [6.45, 7) is 10.7. The van der Waals surface area contributed by atoms with E-state index in [1.54, 1.807) is 11.3 Å². The maximum absolute atomic E-state index is 4.73. The molecule has 0 radical (unpaired) electrons. The van der Waals surface area contributed by atoms with Gasteiger partial charge in [0.25, 0.3) is 0 Å². The van der Waals surface area contributed by atoms with E-state index in [2.05, 4.69) is 61.2 Å². The number of guanidine groups is 1. The van der Waals surface area contributed by atoms with Crippen molar-refractivity contribution in [3.05, 3.63) is 33.5 Å². The second-order valence-corrected chi connectivity index (χ2v) is 7.58. The Labute approximate surface area is 148 Å². The van der Waals surface area contributed by atoms with E-state index < -0.39 is 0 Å². The molecule has 0 aliphatic rings. The first-order valence-corrected chi connectivity index (χ1v) is 9.15. The lowest BCUT2D eigenvalue weighted by Crippen LogP contribution is -2.38. The van der Waals surface area contributed by atoms with E-state index in [4.69, 9.17) is 4.99 Å². The van der Waals surface area contributed by atoms with Crippen LogP contribution in [-0.4, -0.2) is 39.2 Å². The lowest BCUT2D eigenvalue weighted by Gasteiger charge is -2.22. The van der Waals surface area contributed by atoms with Crippen LogP contribution in [0, 0.1) is 6.92 Å². The lowest BCUT2D eigenvalue weighted by atomic mass is 10.1. The van der Waals surface area contributed by atoms with Gasteiger partial charge >= 0.3 is 0 Å². The zero-order valence-electron chi connectivity index (χ0n) is 15.5. The van der Waals surface area contributed by atoms with Gasteiger partial charge in [-0.25, -0.2) is 9.98 Å². The van der Waals surface area contributed by atoms with E-state index >= 15 is 0 Å². The maximum atomic E-state index is 4.73. The summed E-state index contributed by atoms with van der Waals surface area (Å²) in [4.78, 5) is 12.5. The average molecular weight is 349 g/mol. The Kier molecular flexibility index (Phi) is 6.36. The third-order valence-corrected chi connectivity index (χ3v) is 4.52. The molecule has 0 bridgehead atoms. The summed E-state index contributed by atoms with van der Waals surface area (Å²) in [6.07, 6.45) is 4.00. The largest absolute Gasteiger partial charge is 0.357 e. The van der Waals surface area contributed by atoms with Crippen molar-refractivity contribution in [3.63, 3.8) is 0 Å². The summed E-state index contributed by atoms with van der Waals surface area (Å²) < 4.78 is 1.89. The minimum atomic E-state index is 0.410. The van der Waals surface area contributed by atoms with E-state index in [1.165, 1.54) is 10.4 Å². The molecule has 24 heavy (non-hydrogen) atoms. The number of hydrogen-bond acceptors (Lipinski definition) is 4. The first kappa shape index (κ1) is 18.4. The van der Waals surface area contributed by atoms with Gasteiger partial charge in [-0.05, 0) is 19.8 Å². The third kappa shape index (κ3) is 4.80. The van der Waals surface area contributed by atoms with E-state index in [1.807, 2.05) is 17.9 Å². The number of thiazole rings is 1. The SMILES string of the molecule is CCNC(=NCc1ncc(C)s1)N(C)Cc1cn(C)nc1C(C)C. The fourth-order valence-corrected chi connectivity index (χ4v) is 3.29. The second-order valence-electron chi connectivity index (χ2n) is 6.26. The van der Waals surface area contributed by atoms with Crippen LogP contribution >= 0.6 is 11.3 Å². The molecule has 0 atom stereocenters. The Morgan fingerprint density at radius 2 is 2.21 bits per heavy atom. The molecule has 0 aromatic carbocycles. The molecule has 0 aliphatic heterocycles. The number of aryl methyl sites for hydroxylation is 2. The summed E-state index contributed by atoms with van der Waals surface area (Å²) in [5.74, 6) is 1.30. The summed E-state index contributed by atoms with van der Waals surface area (Å²) in [6, 6.07) is 0. The van der Waals surface area contributed by atoms with E-state index in [9.17, 15) is 0 Å². The highest BCUT2D eigenvalue weighted by atomic mass is 32.1. The van der Waals surface area contributed by atoms with Crippen molar-refractivity contribution in [2.45, 2.75) is 46.7 Å². The van der Waals surface area contributed by atoms with Crippen LogP contribution in [0.1, 0.15) is 47.8 Å². The predicted molar refractivity (Wildman–Crippen MR) is 100 cm³/mol. The quantitative estimate of drug-likeness (QED) is 0.644. The van der Waals surface area contributed by atoms with E-state index in [-0.39, 0.29) is 0 Å². The van der Waals surface area contributed by atoms with Crippen molar-refractivity contribution in [2.24, 2.45) is 12.0 Å². The Balaban J connectivity index is 2.12. The molecule has 0 saturated heterocycles. The highest BCUT2D eigenvalue weighted by Crippen LogP contribution is 2.19. The fraction of sp³-hybridized carbons (Fsp3) is 0.588. The lowest BCUT2D eigenvalue weighted by molar-refractivity contribution is 0.473. The molecule has 0 spiro atoms. The number of aromatic nitrogens is 3. The molecule has 132 valence electrons. The zero-order valence-corrected chi connectivity index (χ0v) is 16.3. The first-order chi connectivity index (χ1) is 11.4. The molecule has 7 heteroatoms. The Morgan fingerprint density at radius 1 is 1.46 bits per heavy atom. The molecule has 6 nitrogen and oxygen atoms in total. The molecule has 1 N–H and O–H groups in total. The van der Waals surface area contributed by atoms with Crippen LogP contribution in [0.25, 0.3) is 0 Å². The Hall–Kier alpha value is -1.89. The van der Waals surface area contributed by atoms with Crippen molar-refractivity contribution >= 4 is 17.3 Å². The molecule has 2 aromatic heterocycles. The summed E-state index contributed by atoms with van der Waals surface area (Å²) >= 11 is 1.70. The third-order valence-electron chi connectivity index (χ3n) is 3.62. The van der Waals surface area contributed by atoms with Crippen LogP contribution in [0.5, 0.6) is 0 Å². The maximum Gasteiger partial charge on any atom is 0.194 e. The summed E-state index contributed by atoms with van der Waals surface area (Å²) in [5, 5.41) is 8.99. The number of rotatable bonds is 6. The molecule has 0 unspecified atom stereocenters. The summed E-state index contributed by atoms with van der Waals surface area (Å²) in [5.41, 5.74) is 2.39. The van der Waals surface area contributed by atoms with Gasteiger partial charge in [-0.2, -0.15) is 5.10 Å². The molecular formula is C17H28N6S. The fourth-order valence-electron chi connectivity index (χ4n) is 2.58. The number of nitrogens with one attached hydrogen (secondary N) is 1. The first-order valence-electron chi connectivity index (χ1n) is 8.33. The topological polar surface area (TPSA) is 58.3 Å². The normalized spacial score (nSPS) is 12.0. The average Bonchev–Trinajstić information content (AvgIpc) is 3.09. The molecule has 2 heterocycles. The van der Waals surface area contributed by atoms with Crippen LogP contribution in [-0.2, 0) is 20.1 Å². The van der Waals surface area contributed by atoms with Crippen molar-refractivity contribution in [1.82, 2.24) is 25.0 Å². The van der Waals surface area contributed by atoms with Gasteiger partial charge in [-0.1, -0.05) is 13.8 Å². The smallest absolute Gasteiger partial charge is 0.194 e. The minimum absolute atomic E-state index is 0.410. The van der Waals surface area contributed by atoms with Crippen molar-refractivity contribution in [2.75, 3.05) is 13.6 Å². The highest BCUT2D eigenvalue weighted by Gasteiger charge is 2.15. The minimum Gasteiger partial charge on any atom is -0.357 e. The molecular weight excluding hydrogens is 320 g/mol. The van der Waals surface area contributed by atoms with Gasteiger partial charge < -0.3 is 10.2 Å². The highest BCUT2D eigenvalue weighted by molar-refractivity contribution is 7.11. The molecule has 2 aromatic rings. The van der Waals surface area contributed by atoms with Crippen molar-refractivity contribution in [3.8, 4) is 0 Å². The molecule has 0 saturated carbocycles. The van der Waals surface area contributed by atoms with Gasteiger partial charge in [0.05, 0.1) is 12.2 Å².